The number of aromatic nitrogens is 4. The molecular formula is C16H11N5O2S. The van der Waals surface area contributed by atoms with Crippen LogP contribution < -0.4 is 5.32 Å². The molecule has 24 heavy (non-hydrogen) atoms. The quantitative estimate of drug-likeness (QED) is 0.594. The van der Waals surface area contributed by atoms with Gasteiger partial charge >= 0.3 is 0 Å². The number of H-pyrrole nitrogens is 1. The summed E-state index contributed by atoms with van der Waals surface area (Å²) in [6.45, 7) is 0. The molecule has 7 nitrogen and oxygen atoms in total. The first-order chi connectivity index (χ1) is 11.8. The van der Waals surface area contributed by atoms with Crippen molar-refractivity contribution in [3.8, 4) is 0 Å². The van der Waals surface area contributed by atoms with E-state index in [-0.39, 0.29) is 5.91 Å². The highest BCUT2D eigenvalue weighted by atomic mass is 32.1. The SMILES string of the molecule is O=C(Nc1nnc(C=Cc2ccco2)s1)c1n[nH]c2ccccc12. The minimum atomic E-state index is -0.329. The highest BCUT2D eigenvalue weighted by Crippen LogP contribution is 2.20. The average Bonchev–Trinajstić information content (AvgIpc) is 3.33. The van der Waals surface area contributed by atoms with Crippen LogP contribution in [0.5, 0.6) is 0 Å². The third kappa shape index (κ3) is 2.82. The van der Waals surface area contributed by atoms with Crippen molar-refractivity contribution >= 4 is 45.4 Å². The van der Waals surface area contributed by atoms with Gasteiger partial charge < -0.3 is 4.42 Å². The molecule has 0 unspecified atom stereocenters. The normalized spacial score (nSPS) is 11.3. The van der Waals surface area contributed by atoms with E-state index in [2.05, 4.69) is 25.7 Å². The lowest BCUT2D eigenvalue weighted by atomic mass is 10.2. The molecule has 0 atom stereocenters. The van der Waals surface area contributed by atoms with E-state index in [1.54, 1.807) is 24.5 Å². The van der Waals surface area contributed by atoms with Gasteiger partial charge in [-0.2, -0.15) is 5.10 Å². The number of benzene rings is 1. The Morgan fingerprint density at radius 2 is 2.08 bits per heavy atom. The summed E-state index contributed by atoms with van der Waals surface area (Å²) in [7, 11) is 0. The van der Waals surface area contributed by atoms with Crippen LogP contribution in [0.3, 0.4) is 0 Å². The maximum absolute atomic E-state index is 12.4. The Hall–Kier alpha value is -3.26. The van der Waals surface area contributed by atoms with Crippen molar-refractivity contribution in [1.29, 1.82) is 0 Å². The molecule has 0 aliphatic rings. The second-order valence-corrected chi connectivity index (χ2v) is 5.88. The molecule has 0 aliphatic heterocycles. The number of carbonyl (C=O) groups is 1. The smallest absolute Gasteiger partial charge is 0.278 e. The van der Waals surface area contributed by atoms with Crippen molar-refractivity contribution in [2.24, 2.45) is 0 Å². The van der Waals surface area contributed by atoms with E-state index in [1.807, 2.05) is 30.3 Å². The van der Waals surface area contributed by atoms with Crippen molar-refractivity contribution < 1.29 is 9.21 Å². The predicted octanol–water partition coefficient (Wildman–Crippen LogP) is 3.43. The molecule has 8 heteroatoms. The number of para-hydroxylation sites is 1. The van der Waals surface area contributed by atoms with Crippen LogP contribution in [0.1, 0.15) is 21.3 Å². The van der Waals surface area contributed by atoms with Gasteiger partial charge in [0.25, 0.3) is 5.91 Å². The molecule has 4 aromatic rings. The van der Waals surface area contributed by atoms with Crippen molar-refractivity contribution in [1.82, 2.24) is 20.4 Å². The van der Waals surface area contributed by atoms with Crippen LogP contribution in [0, 0.1) is 0 Å². The van der Waals surface area contributed by atoms with E-state index in [0.717, 1.165) is 16.7 Å². The van der Waals surface area contributed by atoms with Crippen LogP contribution in [-0.4, -0.2) is 26.3 Å². The number of anilines is 1. The zero-order valence-corrected chi connectivity index (χ0v) is 13.1. The second-order valence-electron chi connectivity index (χ2n) is 4.87. The Bertz CT molecular complexity index is 1020. The van der Waals surface area contributed by atoms with Crippen molar-refractivity contribution in [2.45, 2.75) is 0 Å². The molecule has 0 fully saturated rings. The molecular weight excluding hydrogens is 326 g/mol. The van der Waals surface area contributed by atoms with Gasteiger partial charge in [-0.3, -0.25) is 15.2 Å². The summed E-state index contributed by atoms with van der Waals surface area (Å²) in [4.78, 5) is 12.4. The number of hydrogen-bond acceptors (Lipinski definition) is 6. The molecule has 3 aromatic heterocycles. The van der Waals surface area contributed by atoms with Crippen LogP contribution in [0.25, 0.3) is 23.1 Å². The Balaban J connectivity index is 1.50. The largest absolute Gasteiger partial charge is 0.465 e. The third-order valence-electron chi connectivity index (χ3n) is 3.28. The van der Waals surface area contributed by atoms with Crippen LogP contribution in [0.4, 0.5) is 5.13 Å². The summed E-state index contributed by atoms with van der Waals surface area (Å²) < 4.78 is 5.20. The topological polar surface area (TPSA) is 96.7 Å². The molecule has 0 saturated carbocycles. The minimum absolute atomic E-state index is 0.327. The molecule has 0 bridgehead atoms. The van der Waals surface area contributed by atoms with Gasteiger partial charge in [0.15, 0.2) is 5.69 Å². The van der Waals surface area contributed by atoms with E-state index in [4.69, 9.17) is 4.42 Å². The lowest BCUT2D eigenvalue weighted by Gasteiger charge is -1.97. The Morgan fingerprint density at radius 3 is 2.96 bits per heavy atom. The number of aromatic amines is 1. The molecule has 1 amide bonds. The Kier molecular flexibility index (Phi) is 3.64. The van der Waals surface area contributed by atoms with Gasteiger partial charge in [-0.15, -0.1) is 10.2 Å². The first kappa shape index (κ1) is 14.3. The molecule has 0 saturated heterocycles. The fourth-order valence-corrected chi connectivity index (χ4v) is 2.83. The van der Waals surface area contributed by atoms with Gasteiger partial charge in [-0.1, -0.05) is 29.5 Å². The number of rotatable bonds is 4. The number of fused-ring (bicyclic) bond motifs is 1. The maximum atomic E-state index is 12.4. The van der Waals surface area contributed by atoms with Crippen molar-refractivity contribution in [2.75, 3.05) is 5.32 Å². The summed E-state index contributed by atoms with van der Waals surface area (Å²) in [6, 6.07) is 11.1. The van der Waals surface area contributed by atoms with Crippen LogP contribution in [0.2, 0.25) is 0 Å². The van der Waals surface area contributed by atoms with E-state index >= 15 is 0 Å². The Morgan fingerprint density at radius 1 is 1.17 bits per heavy atom. The summed E-state index contributed by atoms with van der Waals surface area (Å²) in [6.07, 6.45) is 5.16. The molecule has 3 heterocycles. The van der Waals surface area contributed by atoms with Crippen molar-refractivity contribution in [3.05, 3.63) is 59.1 Å². The summed E-state index contributed by atoms with van der Waals surface area (Å²) in [5.74, 6) is 0.393. The van der Waals surface area contributed by atoms with Gasteiger partial charge in [0.05, 0.1) is 11.8 Å². The molecule has 1 aromatic carbocycles. The van der Waals surface area contributed by atoms with Crippen LogP contribution >= 0.6 is 11.3 Å². The van der Waals surface area contributed by atoms with Crippen LogP contribution in [-0.2, 0) is 0 Å². The fourth-order valence-electron chi connectivity index (χ4n) is 2.18. The number of furan rings is 1. The number of nitrogens with zero attached hydrogens (tertiary/aromatic N) is 3. The van der Waals surface area contributed by atoms with E-state index in [9.17, 15) is 4.79 Å². The highest BCUT2D eigenvalue weighted by molar-refractivity contribution is 7.16. The van der Waals surface area contributed by atoms with Crippen molar-refractivity contribution in [3.63, 3.8) is 0 Å². The molecule has 118 valence electrons. The number of hydrogen-bond donors (Lipinski definition) is 2. The first-order valence-electron chi connectivity index (χ1n) is 7.09. The van der Waals surface area contributed by atoms with Gasteiger partial charge in [0.2, 0.25) is 5.13 Å². The summed E-state index contributed by atoms with van der Waals surface area (Å²) >= 11 is 1.27. The molecule has 4 rings (SSSR count). The first-order valence-corrected chi connectivity index (χ1v) is 7.91. The van der Waals surface area contributed by atoms with Crippen LogP contribution in [0.15, 0.2) is 47.1 Å². The molecule has 2 N–H and O–H groups in total. The van der Waals surface area contributed by atoms with Gasteiger partial charge in [0.1, 0.15) is 10.8 Å². The lowest BCUT2D eigenvalue weighted by Crippen LogP contribution is -2.12. The van der Waals surface area contributed by atoms with Gasteiger partial charge in [0, 0.05) is 5.39 Å². The van der Waals surface area contributed by atoms with Gasteiger partial charge in [-0.25, -0.2) is 0 Å². The standard InChI is InChI=1S/C16H11N5O2S/c22-15(14-11-5-1-2-6-12(11)18-20-14)17-16-21-19-13(24-16)8-7-10-4-3-9-23-10/h1-9H,(H,18,20)(H,17,21,22). The predicted molar refractivity (Wildman–Crippen MR) is 91.6 cm³/mol. The number of nitrogens with one attached hydrogen (secondary N) is 2. The van der Waals surface area contributed by atoms with E-state index < -0.39 is 0 Å². The second kappa shape index (κ2) is 6.09. The third-order valence-corrected chi connectivity index (χ3v) is 4.08. The summed E-state index contributed by atoms with van der Waals surface area (Å²) in [5.41, 5.74) is 1.13. The molecule has 0 radical (unpaired) electrons. The molecule has 0 aliphatic carbocycles. The Labute approximate surface area is 140 Å². The number of carbonyl (C=O) groups excluding carboxylic acids is 1. The zero-order valence-electron chi connectivity index (χ0n) is 12.3. The van der Waals surface area contributed by atoms with E-state index in [0.29, 0.717) is 15.8 Å². The highest BCUT2D eigenvalue weighted by Gasteiger charge is 2.15. The van der Waals surface area contributed by atoms with E-state index in [1.165, 1.54) is 11.3 Å². The monoisotopic (exact) mass is 337 g/mol. The number of amides is 1. The van der Waals surface area contributed by atoms with Gasteiger partial charge in [-0.05, 0) is 30.4 Å². The minimum Gasteiger partial charge on any atom is -0.465 e. The molecule has 0 spiro atoms. The zero-order chi connectivity index (χ0) is 16.4. The summed E-state index contributed by atoms with van der Waals surface area (Å²) in [5, 5.41) is 19.4. The fraction of sp³-hybridized carbons (Fsp3) is 0. The average molecular weight is 337 g/mol. The lowest BCUT2D eigenvalue weighted by molar-refractivity contribution is 0.102. The maximum Gasteiger partial charge on any atom is 0.278 e.